The average molecular weight is 326 g/mol. The monoisotopic (exact) mass is 326 g/mol. The second kappa shape index (κ2) is 6.70. The predicted molar refractivity (Wildman–Crippen MR) is 80.4 cm³/mol. The van der Waals surface area contributed by atoms with Crippen LogP contribution in [0.1, 0.15) is 23.2 Å². The molecule has 1 aromatic rings. The van der Waals surface area contributed by atoms with E-state index in [0.29, 0.717) is 37.8 Å². The topological polar surface area (TPSA) is 50.8 Å². The van der Waals surface area contributed by atoms with Crippen LogP contribution in [0.2, 0.25) is 0 Å². The van der Waals surface area contributed by atoms with Gasteiger partial charge in [-0.1, -0.05) is 0 Å². The molecule has 7 heteroatoms. The van der Waals surface area contributed by atoms with Gasteiger partial charge in [0.1, 0.15) is 13.2 Å². The number of carbonyl (C=O) groups excluding carboxylic acids is 1. The van der Waals surface area contributed by atoms with Gasteiger partial charge in [0.15, 0.2) is 11.5 Å². The van der Waals surface area contributed by atoms with E-state index in [0.717, 1.165) is 12.8 Å². The highest BCUT2D eigenvalue weighted by Crippen LogP contribution is 2.30. The third-order valence-corrected chi connectivity index (χ3v) is 3.97. The lowest BCUT2D eigenvalue weighted by Crippen LogP contribution is -2.44. The molecule has 1 amide bonds. The van der Waals surface area contributed by atoms with Gasteiger partial charge in [-0.25, -0.2) is 8.78 Å². The molecule has 126 valence electrons. The van der Waals surface area contributed by atoms with Gasteiger partial charge in [-0.15, -0.1) is 0 Å². The fraction of sp³-hybridized carbons (Fsp3) is 0.562. The first-order valence-corrected chi connectivity index (χ1v) is 7.82. The Kier molecular flexibility index (Phi) is 4.66. The molecule has 0 spiro atoms. The molecule has 0 bridgehead atoms. The standard InChI is InChI=1S/C16H20F2N2O3/c17-16(18,11-20-5-1-2-6-20)10-19-15(21)12-3-4-13-14(9-12)23-8-7-22-13/h3-4,9H,1-2,5-8,10-11H2,(H,19,21). The number of benzene rings is 1. The Hall–Kier alpha value is -1.89. The summed E-state index contributed by atoms with van der Waals surface area (Å²) in [5.41, 5.74) is 0.284. The Balaban J connectivity index is 1.56. The molecule has 2 heterocycles. The quantitative estimate of drug-likeness (QED) is 0.898. The van der Waals surface area contributed by atoms with E-state index in [1.54, 1.807) is 17.0 Å². The number of rotatable bonds is 5. The molecule has 1 fully saturated rings. The Morgan fingerprint density at radius 3 is 2.61 bits per heavy atom. The number of hydrogen-bond acceptors (Lipinski definition) is 4. The second-order valence-corrected chi connectivity index (χ2v) is 5.88. The van der Waals surface area contributed by atoms with Crippen LogP contribution >= 0.6 is 0 Å². The highest BCUT2D eigenvalue weighted by atomic mass is 19.3. The summed E-state index contributed by atoms with van der Waals surface area (Å²) < 4.78 is 38.6. The van der Waals surface area contributed by atoms with E-state index in [2.05, 4.69) is 5.32 Å². The minimum atomic E-state index is -2.94. The van der Waals surface area contributed by atoms with Crippen LogP contribution in [-0.4, -0.2) is 56.1 Å². The van der Waals surface area contributed by atoms with E-state index in [4.69, 9.17) is 9.47 Å². The summed E-state index contributed by atoms with van der Waals surface area (Å²) in [4.78, 5) is 13.8. The van der Waals surface area contributed by atoms with Crippen molar-refractivity contribution in [3.63, 3.8) is 0 Å². The van der Waals surface area contributed by atoms with Gasteiger partial charge in [-0.3, -0.25) is 9.69 Å². The number of halogens is 2. The SMILES string of the molecule is O=C(NCC(F)(F)CN1CCCC1)c1ccc2c(c1)OCCO2. The maximum Gasteiger partial charge on any atom is 0.277 e. The van der Waals surface area contributed by atoms with Gasteiger partial charge in [0.05, 0.1) is 13.1 Å². The van der Waals surface area contributed by atoms with Crippen molar-refractivity contribution in [3.05, 3.63) is 23.8 Å². The van der Waals surface area contributed by atoms with Crippen LogP contribution in [0, 0.1) is 0 Å². The molecule has 0 aromatic heterocycles. The van der Waals surface area contributed by atoms with Crippen molar-refractivity contribution in [1.29, 1.82) is 0 Å². The van der Waals surface area contributed by atoms with E-state index in [-0.39, 0.29) is 12.1 Å². The lowest BCUT2D eigenvalue weighted by atomic mass is 10.1. The van der Waals surface area contributed by atoms with E-state index < -0.39 is 18.4 Å². The highest BCUT2D eigenvalue weighted by molar-refractivity contribution is 5.94. The van der Waals surface area contributed by atoms with Crippen molar-refractivity contribution in [3.8, 4) is 11.5 Å². The van der Waals surface area contributed by atoms with E-state index in [9.17, 15) is 13.6 Å². The number of amides is 1. The van der Waals surface area contributed by atoms with Gasteiger partial charge in [0, 0.05) is 5.56 Å². The molecule has 0 atom stereocenters. The number of nitrogens with zero attached hydrogens (tertiary/aromatic N) is 1. The number of likely N-dealkylation sites (tertiary alicyclic amines) is 1. The summed E-state index contributed by atoms with van der Waals surface area (Å²) in [5.74, 6) is -2.45. The van der Waals surface area contributed by atoms with Gasteiger partial charge in [-0.05, 0) is 44.1 Å². The molecule has 23 heavy (non-hydrogen) atoms. The van der Waals surface area contributed by atoms with Crippen molar-refractivity contribution in [2.24, 2.45) is 0 Å². The maximum absolute atomic E-state index is 13.9. The molecular weight excluding hydrogens is 306 g/mol. The molecule has 0 unspecified atom stereocenters. The molecule has 2 aliphatic heterocycles. The Bertz CT molecular complexity index is 574. The lowest BCUT2D eigenvalue weighted by molar-refractivity contribution is -0.0243. The van der Waals surface area contributed by atoms with E-state index >= 15 is 0 Å². The molecule has 0 radical (unpaired) electrons. The van der Waals surface area contributed by atoms with Crippen LogP contribution in [0.15, 0.2) is 18.2 Å². The number of carbonyl (C=O) groups is 1. The smallest absolute Gasteiger partial charge is 0.277 e. The third-order valence-electron chi connectivity index (χ3n) is 3.97. The lowest BCUT2D eigenvalue weighted by Gasteiger charge is -2.23. The van der Waals surface area contributed by atoms with Crippen molar-refractivity contribution < 1.29 is 23.0 Å². The van der Waals surface area contributed by atoms with Crippen LogP contribution in [0.3, 0.4) is 0 Å². The summed E-state index contributed by atoms with van der Waals surface area (Å²) in [6.45, 7) is 1.29. The zero-order valence-electron chi connectivity index (χ0n) is 12.8. The van der Waals surface area contributed by atoms with Crippen molar-refractivity contribution in [1.82, 2.24) is 10.2 Å². The predicted octanol–water partition coefficient (Wildman–Crippen LogP) is 1.92. The molecule has 0 saturated carbocycles. The molecule has 1 N–H and O–H groups in total. The summed E-state index contributed by atoms with van der Waals surface area (Å²) >= 11 is 0. The molecule has 5 nitrogen and oxygen atoms in total. The van der Waals surface area contributed by atoms with Crippen molar-refractivity contribution in [2.75, 3.05) is 39.4 Å². The first-order chi connectivity index (χ1) is 11.0. The number of ether oxygens (including phenoxy) is 2. The largest absolute Gasteiger partial charge is 0.486 e. The first kappa shape index (κ1) is 16.0. The number of fused-ring (bicyclic) bond motifs is 1. The van der Waals surface area contributed by atoms with Gasteiger partial charge in [0.25, 0.3) is 11.8 Å². The van der Waals surface area contributed by atoms with Crippen molar-refractivity contribution >= 4 is 5.91 Å². The van der Waals surface area contributed by atoms with E-state index in [1.165, 1.54) is 6.07 Å². The Morgan fingerprint density at radius 2 is 1.87 bits per heavy atom. The first-order valence-electron chi connectivity index (χ1n) is 7.82. The Labute approximate surface area is 133 Å². The van der Waals surface area contributed by atoms with Crippen LogP contribution in [-0.2, 0) is 0 Å². The molecule has 1 aromatic carbocycles. The molecule has 2 aliphatic rings. The minimum Gasteiger partial charge on any atom is -0.486 e. The summed E-state index contributed by atoms with van der Waals surface area (Å²) in [5, 5.41) is 2.31. The van der Waals surface area contributed by atoms with E-state index in [1.807, 2.05) is 0 Å². The summed E-state index contributed by atoms with van der Waals surface area (Å²) in [6, 6.07) is 4.68. The van der Waals surface area contributed by atoms with Crippen molar-refractivity contribution in [2.45, 2.75) is 18.8 Å². The van der Waals surface area contributed by atoms with Crippen LogP contribution in [0.4, 0.5) is 8.78 Å². The minimum absolute atomic E-state index is 0.284. The van der Waals surface area contributed by atoms with Gasteiger partial charge in [-0.2, -0.15) is 0 Å². The summed E-state index contributed by atoms with van der Waals surface area (Å²) in [7, 11) is 0. The van der Waals surface area contributed by atoms with Crippen LogP contribution < -0.4 is 14.8 Å². The zero-order valence-corrected chi connectivity index (χ0v) is 12.8. The second-order valence-electron chi connectivity index (χ2n) is 5.88. The average Bonchev–Trinajstić information content (AvgIpc) is 3.04. The summed E-state index contributed by atoms with van der Waals surface area (Å²) in [6.07, 6.45) is 1.92. The highest BCUT2D eigenvalue weighted by Gasteiger charge is 2.33. The fourth-order valence-electron chi connectivity index (χ4n) is 2.82. The number of nitrogens with one attached hydrogen (secondary N) is 1. The molecule has 0 aliphatic carbocycles. The zero-order chi connectivity index (χ0) is 16.3. The maximum atomic E-state index is 13.9. The molecule has 3 rings (SSSR count). The molecular formula is C16H20F2N2O3. The van der Waals surface area contributed by atoms with Crippen LogP contribution in [0.5, 0.6) is 11.5 Å². The van der Waals surface area contributed by atoms with Crippen LogP contribution in [0.25, 0.3) is 0 Å². The Morgan fingerprint density at radius 1 is 1.17 bits per heavy atom. The third kappa shape index (κ3) is 4.10. The van der Waals surface area contributed by atoms with Gasteiger partial charge < -0.3 is 14.8 Å². The molecule has 1 saturated heterocycles. The number of hydrogen-bond donors (Lipinski definition) is 1. The van der Waals surface area contributed by atoms with Gasteiger partial charge >= 0.3 is 0 Å². The normalized spacial score (nSPS) is 18.0. The fourth-order valence-corrected chi connectivity index (χ4v) is 2.82. The van der Waals surface area contributed by atoms with Gasteiger partial charge in [0.2, 0.25) is 0 Å². The number of alkyl halides is 2.